The first-order valence-electron chi connectivity index (χ1n) is 10.4. The Morgan fingerprint density at radius 1 is 1.03 bits per heavy atom. The molecule has 0 aliphatic heterocycles. The zero-order chi connectivity index (χ0) is 22.4. The van der Waals surface area contributed by atoms with E-state index in [0.717, 1.165) is 34.9 Å². The molecule has 1 aliphatic carbocycles. The fraction of sp³-hybridized carbons (Fsp3) is 0.304. The molecule has 1 aromatic carbocycles. The number of aromatic nitrogens is 6. The maximum absolute atomic E-state index is 13.4. The highest BCUT2D eigenvalue weighted by atomic mass is 35.5. The van der Waals surface area contributed by atoms with E-state index in [0.29, 0.717) is 33.9 Å². The third kappa shape index (κ3) is 4.02. The number of rotatable bonds is 6. The monoisotopic (exact) mass is 470 g/mol. The predicted molar refractivity (Wildman–Crippen MR) is 122 cm³/mol. The molecular weight excluding hydrogens is 450 g/mol. The van der Waals surface area contributed by atoms with E-state index in [2.05, 4.69) is 15.1 Å². The van der Waals surface area contributed by atoms with Crippen molar-refractivity contribution in [2.45, 2.75) is 39.7 Å². The summed E-state index contributed by atoms with van der Waals surface area (Å²) >= 11 is 13.1. The summed E-state index contributed by atoms with van der Waals surface area (Å²) in [6.45, 7) is 4.57. The molecule has 0 amide bonds. The van der Waals surface area contributed by atoms with Crippen LogP contribution in [0.1, 0.15) is 35.6 Å². The lowest BCUT2D eigenvalue weighted by molar-refractivity contribution is 0.544. The van der Waals surface area contributed by atoms with Crippen molar-refractivity contribution in [1.82, 2.24) is 29.5 Å². The molecule has 5 rings (SSSR count). The van der Waals surface area contributed by atoms with Gasteiger partial charge in [0.1, 0.15) is 17.8 Å². The van der Waals surface area contributed by atoms with Gasteiger partial charge < -0.3 is 0 Å². The summed E-state index contributed by atoms with van der Waals surface area (Å²) in [5.74, 6) is 0.967. The maximum Gasteiger partial charge on any atom is 0.157 e. The summed E-state index contributed by atoms with van der Waals surface area (Å²) < 4.78 is 17.1. The summed E-state index contributed by atoms with van der Waals surface area (Å²) in [5.41, 5.74) is 4.69. The van der Waals surface area contributed by atoms with Crippen molar-refractivity contribution in [2.24, 2.45) is 5.92 Å². The first kappa shape index (κ1) is 21.1. The van der Waals surface area contributed by atoms with Gasteiger partial charge in [-0.25, -0.2) is 19.0 Å². The van der Waals surface area contributed by atoms with Crippen LogP contribution in [0.2, 0.25) is 10.0 Å². The SMILES string of the molecule is Cc1nn(-c2cc(Cc3c(Cl)c(-c4ccc(F)cc4)nn3CC3CC3)ncn2)c(C)c1Cl. The molecule has 32 heavy (non-hydrogen) atoms. The van der Waals surface area contributed by atoms with Gasteiger partial charge in [-0.1, -0.05) is 23.2 Å². The quantitative estimate of drug-likeness (QED) is 0.368. The van der Waals surface area contributed by atoms with Gasteiger partial charge in [-0.05, 0) is 56.9 Å². The molecule has 0 spiro atoms. The van der Waals surface area contributed by atoms with Gasteiger partial charge in [0.15, 0.2) is 5.82 Å². The van der Waals surface area contributed by atoms with Crippen molar-refractivity contribution in [2.75, 3.05) is 0 Å². The molecule has 4 aromatic rings. The normalized spacial score (nSPS) is 13.7. The Balaban J connectivity index is 1.52. The van der Waals surface area contributed by atoms with Crippen molar-refractivity contribution >= 4 is 23.2 Å². The molecule has 1 fully saturated rings. The van der Waals surface area contributed by atoms with Crippen molar-refractivity contribution in [1.29, 1.82) is 0 Å². The minimum Gasteiger partial charge on any atom is -0.267 e. The van der Waals surface area contributed by atoms with Gasteiger partial charge in [-0.3, -0.25) is 4.68 Å². The largest absolute Gasteiger partial charge is 0.267 e. The molecule has 9 heteroatoms. The third-order valence-electron chi connectivity index (χ3n) is 5.72. The zero-order valence-electron chi connectivity index (χ0n) is 17.7. The van der Waals surface area contributed by atoms with Crippen LogP contribution in [-0.2, 0) is 13.0 Å². The summed E-state index contributed by atoms with van der Waals surface area (Å²) in [6, 6.07) is 8.12. The van der Waals surface area contributed by atoms with Crippen LogP contribution in [0.5, 0.6) is 0 Å². The summed E-state index contributed by atoms with van der Waals surface area (Å²) in [6.07, 6.45) is 4.39. The second-order valence-corrected chi connectivity index (χ2v) is 8.94. The molecule has 0 bridgehead atoms. The molecule has 0 saturated heterocycles. The van der Waals surface area contributed by atoms with E-state index < -0.39 is 0 Å². The molecule has 1 saturated carbocycles. The number of benzene rings is 1. The molecule has 6 nitrogen and oxygen atoms in total. The Labute approximate surface area is 195 Å². The van der Waals surface area contributed by atoms with E-state index in [9.17, 15) is 4.39 Å². The van der Waals surface area contributed by atoms with E-state index in [1.165, 1.54) is 31.3 Å². The maximum atomic E-state index is 13.4. The molecule has 3 heterocycles. The van der Waals surface area contributed by atoms with Crippen LogP contribution in [0.15, 0.2) is 36.7 Å². The van der Waals surface area contributed by atoms with E-state index >= 15 is 0 Å². The van der Waals surface area contributed by atoms with Gasteiger partial charge in [0, 0.05) is 24.6 Å². The highest BCUT2D eigenvalue weighted by molar-refractivity contribution is 6.33. The summed E-state index contributed by atoms with van der Waals surface area (Å²) in [4.78, 5) is 8.83. The number of nitrogens with zero attached hydrogens (tertiary/aromatic N) is 6. The first-order chi connectivity index (χ1) is 15.4. The number of aryl methyl sites for hydroxylation is 1. The lowest BCUT2D eigenvalue weighted by Gasteiger charge is -2.08. The Kier molecular flexibility index (Phi) is 5.47. The van der Waals surface area contributed by atoms with Crippen LogP contribution in [-0.4, -0.2) is 29.5 Å². The Morgan fingerprint density at radius 2 is 1.78 bits per heavy atom. The minimum atomic E-state index is -0.291. The standard InChI is InChI=1S/C23H21Cl2FN6/c1-13-21(24)14(2)32(29-13)20-10-18(27-12-28-20)9-19-22(25)23(16-5-7-17(26)8-6-16)30-31(19)11-15-3-4-15/h5-8,10,12,15H,3-4,9,11H2,1-2H3. The lowest BCUT2D eigenvalue weighted by Crippen LogP contribution is -2.09. The molecule has 0 unspecified atom stereocenters. The fourth-order valence-electron chi connectivity index (χ4n) is 3.75. The van der Waals surface area contributed by atoms with Crippen molar-refractivity contribution in [3.05, 3.63) is 75.3 Å². The molecule has 164 valence electrons. The fourth-order valence-corrected chi connectivity index (χ4v) is 4.18. The minimum absolute atomic E-state index is 0.291. The van der Waals surface area contributed by atoms with E-state index in [1.54, 1.807) is 16.8 Å². The van der Waals surface area contributed by atoms with Crippen molar-refractivity contribution in [3.8, 4) is 17.1 Å². The molecule has 3 aromatic heterocycles. The number of hydrogen-bond acceptors (Lipinski definition) is 4. The smallest absolute Gasteiger partial charge is 0.157 e. The van der Waals surface area contributed by atoms with Gasteiger partial charge in [0.05, 0.1) is 32.8 Å². The Hall–Kier alpha value is -2.77. The average Bonchev–Trinajstić information content (AvgIpc) is 3.51. The van der Waals surface area contributed by atoms with Crippen LogP contribution in [0, 0.1) is 25.6 Å². The highest BCUT2D eigenvalue weighted by Gasteiger charge is 2.26. The second kappa shape index (κ2) is 8.30. The van der Waals surface area contributed by atoms with Crippen molar-refractivity contribution in [3.63, 3.8) is 0 Å². The third-order valence-corrected chi connectivity index (χ3v) is 6.66. The molecule has 0 atom stereocenters. The predicted octanol–water partition coefficient (Wildman–Crippen LogP) is 5.59. The summed E-state index contributed by atoms with van der Waals surface area (Å²) in [5, 5.41) is 10.4. The van der Waals surface area contributed by atoms with Crippen molar-refractivity contribution < 1.29 is 4.39 Å². The van der Waals surface area contributed by atoms with Crippen LogP contribution in [0.25, 0.3) is 17.1 Å². The van der Waals surface area contributed by atoms with Gasteiger partial charge in [-0.15, -0.1) is 0 Å². The second-order valence-electron chi connectivity index (χ2n) is 8.18. The highest BCUT2D eigenvalue weighted by Crippen LogP contribution is 2.36. The zero-order valence-corrected chi connectivity index (χ0v) is 19.2. The molecule has 0 radical (unpaired) electrons. The Morgan fingerprint density at radius 3 is 2.44 bits per heavy atom. The number of halogens is 3. The Bertz CT molecular complexity index is 1290. The topological polar surface area (TPSA) is 61.4 Å². The first-order valence-corrected chi connectivity index (χ1v) is 11.2. The molecular formula is C23H21Cl2FN6. The van der Waals surface area contributed by atoms with Crippen LogP contribution in [0.3, 0.4) is 0 Å². The van der Waals surface area contributed by atoms with E-state index in [4.69, 9.17) is 28.3 Å². The van der Waals surface area contributed by atoms with Crippen LogP contribution >= 0.6 is 23.2 Å². The van der Waals surface area contributed by atoms with Gasteiger partial charge in [0.25, 0.3) is 0 Å². The van der Waals surface area contributed by atoms with E-state index in [-0.39, 0.29) is 5.82 Å². The van der Waals surface area contributed by atoms with Crippen LogP contribution < -0.4 is 0 Å². The lowest BCUT2D eigenvalue weighted by atomic mass is 10.1. The molecule has 0 N–H and O–H groups in total. The number of hydrogen-bond donors (Lipinski definition) is 0. The van der Waals surface area contributed by atoms with E-state index in [1.807, 2.05) is 24.6 Å². The van der Waals surface area contributed by atoms with Crippen LogP contribution in [0.4, 0.5) is 4.39 Å². The van der Waals surface area contributed by atoms with Gasteiger partial charge in [0.2, 0.25) is 0 Å². The average molecular weight is 471 g/mol. The van der Waals surface area contributed by atoms with Gasteiger partial charge >= 0.3 is 0 Å². The van der Waals surface area contributed by atoms with Gasteiger partial charge in [-0.2, -0.15) is 10.2 Å². The molecule has 1 aliphatic rings. The summed E-state index contributed by atoms with van der Waals surface area (Å²) in [7, 11) is 0.